The molecule has 1 heterocycles. The molecular weight excluding hydrogens is 315 g/mol. The molecule has 6 nitrogen and oxygen atoms in total. The third-order valence-electron chi connectivity index (χ3n) is 3.68. The lowest BCUT2D eigenvalue weighted by atomic mass is 10.1. The number of nitrogens with one attached hydrogen (secondary N) is 2. The van der Waals surface area contributed by atoms with Crippen LogP contribution < -0.4 is 10.6 Å². The molecule has 0 aromatic rings. The average molecular weight is 339 g/mol. The molecule has 134 valence electrons. The molecule has 0 saturated carbocycles. The van der Waals surface area contributed by atoms with E-state index >= 15 is 0 Å². The third-order valence-corrected chi connectivity index (χ3v) is 3.68. The lowest BCUT2D eigenvalue weighted by molar-refractivity contribution is -0.167. The van der Waals surface area contributed by atoms with E-state index in [2.05, 4.69) is 10.6 Å². The number of hydrogen-bond acceptors (Lipinski definition) is 4. The Morgan fingerprint density at radius 1 is 1.30 bits per heavy atom. The van der Waals surface area contributed by atoms with Crippen LogP contribution in [0.5, 0.6) is 0 Å². The Morgan fingerprint density at radius 2 is 1.96 bits per heavy atom. The van der Waals surface area contributed by atoms with E-state index in [0.29, 0.717) is 0 Å². The summed E-state index contributed by atoms with van der Waals surface area (Å²) in [7, 11) is 0. The molecule has 1 rings (SSSR count). The fourth-order valence-electron chi connectivity index (χ4n) is 2.14. The van der Waals surface area contributed by atoms with Crippen LogP contribution in [-0.2, 0) is 14.3 Å². The summed E-state index contributed by atoms with van der Waals surface area (Å²) in [5.41, 5.74) is 0. The number of halogens is 3. The number of rotatable bonds is 6. The summed E-state index contributed by atoms with van der Waals surface area (Å²) in [6.07, 6.45) is -3.66. The van der Waals surface area contributed by atoms with Gasteiger partial charge in [-0.3, -0.25) is 14.5 Å². The average Bonchev–Trinajstić information content (AvgIpc) is 2.45. The van der Waals surface area contributed by atoms with Crippen LogP contribution in [0.1, 0.15) is 27.2 Å². The number of nitrogens with zero attached hydrogens (tertiary/aromatic N) is 1. The van der Waals surface area contributed by atoms with Crippen LogP contribution in [0, 0.1) is 0 Å². The SMILES string of the molecule is CC[C@H](C)NC(=O)[C@H](C)NC(=O)[C@H]1COCCN1CC(F)(F)F. The van der Waals surface area contributed by atoms with Gasteiger partial charge < -0.3 is 15.4 Å². The van der Waals surface area contributed by atoms with E-state index in [-0.39, 0.29) is 31.7 Å². The van der Waals surface area contributed by atoms with E-state index in [1.165, 1.54) is 6.92 Å². The van der Waals surface area contributed by atoms with E-state index in [1.807, 2.05) is 13.8 Å². The van der Waals surface area contributed by atoms with Gasteiger partial charge >= 0.3 is 6.18 Å². The van der Waals surface area contributed by atoms with E-state index in [0.717, 1.165) is 11.3 Å². The molecular formula is C14H24F3N3O3. The quantitative estimate of drug-likeness (QED) is 0.746. The largest absolute Gasteiger partial charge is 0.401 e. The van der Waals surface area contributed by atoms with Gasteiger partial charge in [0.05, 0.1) is 19.8 Å². The third kappa shape index (κ3) is 6.74. The summed E-state index contributed by atoms with van der Waals surface area (Å²) in [5, 5.41) is 5.16. The summed E-state index contributed by atoms with van der Waals surface area (Å²) in [5.74, 6) is -1.01. The molecule has 1 saturated heterocycles. The van der Waals surface area contributed by atoms with Crippen LogP contribution in [0.3, 0.4) is 0 Å². The first-order valence-electron chi connectivity index (χ1n) is 7.63. The predicted molar refractivity (Wildman–Crippen MR) is 77.7 cm³/mol. The topological polar surface area (TPSA) is 70.7 Å². The highest BCUT2D eigenvalue weighted by Crippen LogP contribution is 2.19. The fourth-order valence-corrected chi connectivity index (χ4v) is 2.14. The molecule has 0 bridgehead atoms. The number of alkyl halides is 3. The maximum absolute atomic E-state index is 12.6. The molecule has 1 aliphatic heterocycles. The van der Waals surface area contributed by atoms with E-state index < -0.39 is 30.7 Å². The van der Waals surface area contributed by atoms with Gasteiger partial charge in [0.2, 0.25) is 11.8 Å². The Balaban J connectivity index is 2.61. The molecule has 2 N–H and O–H groups in total. The van der Waals surface area contributed by atoms with Gasteiger partial charge in [0.1, 0.15) is 12.1 Å². The second kappa shape index (κ2) is 8.49. The highest BCUT2D eigenvalue weighted by atomic mass is 19.4. The zero-order valence-corrected chi connectivity index (χ0v) is 13.6. The van der Waals surface area contributed by atoms with Crippen LogP contribution in [0.4, 0.5) is 13.2 Å². The van der Waals surface area contributed by atoms with Gasteiger partial charge in [-0.15, -0.1) is 0 Å². The molecule has 0 radical (unpaired) electrons. The number of carbonyl (C=O) groups is 2. The second-order valence-corrected chi connectivity index (χ2v) is 5.72. The van der Waals surface area contributed by atoms with Crippen molar-refractivity contribution in [2.24, 2.45) is 0 Å². The summed E-state index contributed by atoms with van der Waals surface area (Å²) >= 11 is 0. The monoisotopic (exact) mass is 339 g/mol. The number of ether oxygens (including phenoxy) is 1. The highest BCUT2D eigenvalue weighted by molar-refractivity contribution is 5.89. The predicted octanol–water partition coefficient (Wildman–Crippen LogP) is 0.669. The van der Waals surface area contributed by atoms with Gasteiger partial charge in [-0.05, 0) is 20.3 Å². The van der Waals surface area contributed by atoms with Crippen molar-refractivity contribution in [2.75, 3.05) is 26.3 Å². The number of carbonyl (C=O) groups excluding carboxylic acids is 2. The minimum atomic E-state index is -4.39. The normalized spacial score (nSPS) is 22.3. The smallest absolute Gasteiger partial charge is 0.378 e. The van der Waals surface area contributed by atoms with Crippen molar-refractivity contribution in [3.63, 3.8) is 0 Å². The Kier molecular flexibility index (Phi) is 7.27. The second-order valence-electron chi connectivity index (χ2n) is 5.72. The molecule has 0 aliphatic carbocycles. The maximum atomic E-state index is 12.6. The Labute approximate surface area is 133 Å². The van der Waals surface area contributed by atoms with Crippen LogP contribution in [0.2, 0.25) is 0 Å². The van der Waals surface area contributed by atoms with Crippen molar-refractivity contribution in [3.05, 3.63) is 0 Å². The van der Waals surface area contributed by atoms with Crippen molar-refractivity contribution in [3.8, 4) is 0 Å². The first-order chi connectivity index (χ1) is 10.6. The highest BCUT2D eigenvalue weighted by Gasteiger charge is 2.38. The molecule has 0 aromatic heterocycles. The molecule has 0 spiro atoms. The molecule has 9 heteroatoms. The summed E-state index contributed by atoms with van der Waals surface area (Å²) in [4.78, 5) is 25.1. The van der Waals surface area contributed by atoms with Crippen molar-refractivity contribution in [1.29, 1.82) is 0 Å². The van der Waals surface area contributed by atoms with E-state index in [4.69, 9.17) is 4.74 Å². The molecule has 0 aromatic carbocycles. The summed E-state index contributed by atoms with van der Waals surface area (Å²) in [6, 6.07) is -1.92. The Hall–Kier alpha value is -1.35. The minimum absolute atomic E-state index is 0.0189. The lowest BCUT2D eigenvalue weighted by Gasteiger charge is -2.35. The van der Waals surface area contributed by atoms with E-state index in [9.17, 15) is 22.8 Å². The standard InChI is InChI=1S/C14H24F3N3O3/c1-4-9(2)18-12(21)10(3)19-13(22)11-7-23-6-5-20(11)8-14(15,16)17/h9-11H,4-8H2,1-3H3,(H,18,21)(H,19,22)/t9-,10-,11+/m0/s1. The van der Waals surface area contributed by atoms with Crippen molar-refractivity contribution in [2.45, 2.75) is 51.5 Å². The molecule has 2 amide bonds. The minimum Gasteiger partial charge on any atom is -0.378 e. The van der Waals surface area contributed by atoms with Gasteiger partial charge in [-0.1, -0.05) is 6.92 Å². The summed E-state index contributed by atoms with van der Waals surface area (Å²) < 4.78 is 42.8. The lowest BCUT2D eigenvalue weighted by Crippen LogP contribution is -2.58. The zero-order valence-electron chi connectivity index (χ0n) is 13.6. The Morgan fingerprint density at radius 3 is 2.52 bits per heavy atom. The van der Waals surface area contributed by atoms with Crippen LogP contribution in [0.15, 0.2) is 0 Å². The van der Waals surface area contributed by atoms with Crippen LogP contribution >= 0.6 is 0 Å². The zero-order chi connectivity index (χ0) is 17.6. The first kappa shape index (κ1) is 19.7. The van der Waals surface area contributed by atoms with Crippen LogP contribution in [0.25, 0.3) is 0 Å². The number of hydrogen-bond donors (Lipinski definition) is 2. The van der Waals surface area contributed by atoms with Crippen molar-refractivity contribution in [1.82, 2.24) is 15.5 Å². The number of morpholine rings is 1. The van der Waals surface area contributed by atoms with Gasteiger partial charge in [-0.25, -0.2) is 0 Å². The molecule has 3 atom stereocenters. The number of amides is 2. The maximum Gasteiger partial charge on any atom is 0.401 e. The van der Waals surface area contributed by atoms with Crippen molar-refractivity contribution < 1.29 is 27.5 Å². The molecule has 1 aliphatic rings. The van der Waals surface area contributed by atoms with Gasteiger partial charge in [0.15, 0.2) is 0 Å². The van der Waals surface area contributed by atoms with Gasteiger partial charge in [0.25, 0.3) is 0 Å². The molecule has 1 fully saturated rings. The van der Waals surface area contributed by atoms with Crippen LogP contribution in [-0.4, -0.2) is 67.3 Å². The summed E-state index contributed by atoms with van der Waals surface area (Å²) in [6.45, 7) is 4.08. The molecule has 23 heavy (non-hydrogen) atoms. The van der Waals surface area contributed by atoms with E-state index in [1.54, 1.807) is 0 Å². The van der Waals surface area contributed by atoms with Gasteiger partial charge in [-0.2, -0.15) is 13.2 Å². The molecule has 0 unspecified atom stereocenters. The van der Waals surface area contributed by atoms with Crippen molar-refractivity contribution >= 4 is 11.8 Å². The Bertz CT molecular complexity index is 418. The fraction of sp³-hybridized carbons (Fsp3) is 0.857. The first-order valence-corrected chi connectivity index (χ1v) is 7.63. The van der Waals surface area contributed by atoms with Gasteiger partial charge in [0, 0.05) is 12.6 Å².